The van der Waals surface area contributed by atoms with Crippen LogP contribution < -0.4 is 10.5 Å². The Labute approximate surface area is 121 Å². The van der Waals surface area contributed by atoms with Gasteiger partial charge in [0, 0.05) is 16.1 Å². The zero-order valence-electron chi connectivity index (χ0n) is 10.7. The molecule has 3 N–H and O–H groups in total. The quantitative estimate of drug-likeness (QED) is 0.889. The highest BCUT2D eigenvalue weighted by molar-refractivity contribution is 6.31. The average molecular weight is 292 g/mol. The molecule has 0 radical (unpaired) electrons. The van der Waals surface area contributed by atoms with E-state index in [1.165, 1.54) is 6.07 Å². The lowest BCUT2D eigenvalue weighted by atomic mass is 10.1. The fourth-order valence-electron chi connectivity index (χ4n) is 1.71. The van der Waals surface area contributed by atoms with E-state index in [1.54, 1.807) is 30.3 Å². The SMILES string of the molecule is NC(=O)c1ccc(COc2cccc(CO)c2)c(Cl)c1. The summed E-state index contributed by atoms with van der Waals surface area (Å²) in [5.41, 5.74) is 7.07. The molecule has 0 saturated heterocycles. The first kappa shape index (κ1) is 14.4. The molecule has 2 rings (SSSR count). The van der Waals surface area contributed by atoms with Gasteiger partial charge in [0.15, 0.2) is 0 Å². The van der Waals surface area contributed by atoms with Crippen LogP contribution in [0.25, 0.3) is 0 Å². The third-order valence-corrected chi connectivity index (χ3v) is 3.16. The van der Waals surface area contributed by atoms with Crippen molar-refractivity contribution in [3.05, 3.63) is 64.2 Å². The Bertz CT molecular complexity index is 628. The Morgan fingerprint density at radius 1 is 1.25 bits per heavy atom. The van der Waals surface area contributed by atoms with E-state index >= 15 is 0 Å². The van der Waals surface area contributed by atoms with Crippen molar-refractivity contribution in [2.24, 2.45) is 5.73 Å². The molecule has 1 amide bonds. The molecule has 2 aromatic rings. The summed E-state index contributed by atoms with van der Waals surface area (Å²) < 4.78 is 5.60. The highest BCUT2D eigenvalue weighted by Gasteiger charge is 2.06. The number of aliphatic hydroxyl groups excluding tert-OH is 1. The zero-order valence-corrected chi connectivity index (χ0v) is 11.4. The van der Waals surface area contributed by atoms with E-state index in [2.05, 4.69) is 0 Å². The molecule has 0 spiro atoms. The molecule has 0 aliphatic heterocycles. The second kappa shape index (κ2) is 6.41. The summed E-state index contributed by atoms with van der Waals surface area (Å²) in [6.45, 7) is 0.234. The molecule has 2 aromatic carbocycles. The molecule has 0 aromatic heterocycles. The van der Waals surface area contributed by atoms with Crippen LogP contribution in [0.5, 0.6) is 5.75 Å². The first-order valence-corrected chi connectivity index (χ1v) is 6.39. The Morgan fingerprint density at radius 3 is 2.70 bits per heavy atom. The van der Waals surface area contributed by atoms with E-state index in [4.69, 9.17) is 27.2 Å². The first-order chi connectivity index (χ1) is 9.60. The van der Waals surface area contributed by atoms with E-state index in [9.17, 15) is 4.79 Å². The maximum Gasteiger partial charge on any atom is 0.248 e. The van der Waals surface area contributed by atoms with Crippen molar-refractivity contribution >= 4 is 17.5 Å². The lowest BCUT2D eigenvalue weighted by molar-refractivity contribution is 0.1000. The maximum absolute atomic E-state index is 11.0. The number of hydrogen-bond acceptors (Lipinski definition) is 3. The monoisotopic (exact) mass is 291 g/mol. The average Bonchev–Trinajstić information content (AvgIpc) is 2.46. The molecule has 0 heterocycles. The molecule has 0 bridgehead atoms. The standard InChI is InChI=1S/C15H14ClNO3/c16-14-7-11(15(17)19)4-5-12(14)9-20-13-3-1-2-10(6-13)8-18/h1-7,18H,8-9H2,(H2,17,19). The fourth-order valence-corrected chi connectivity index (χ4v) is 1.95. The molecule has 0 unspecified atom stereocenters. The van der Waals surface area contributed by atoms with Crippen molar-refractivity contribution in [3.63, 3.8) is 0 Å². The van der Waals surface area contributed by atoms with Crippen LogP contribution in [0.2, 0.25) is 5.02 Å². The Kier molecular flexibility index (Phi) is 4.61. The zero-order chi connectivity index (χ0) is 14.5. The summed E-state index contributed by atoms with van der Waals surface area (Å²) in [6, 6.07) is 12.0. The molecule has 0 atom stereocenters. The van der Waals surface area contributed by atoms with Gasteiger partial charge in [0.05, 0.1) is 6.61 Å². The molecule has 0 aliphatic rings. The lowest BCUT2D eigenvalue weighted by Crippen LogP contribution is -2.11. The van der Waals surface area contributed by atoms with Crippen LogP contribution in [0, 0.1) is 0 Å². The Balaban J connectivity index is 2.08. The van der Waals surface area contributed by atoms with Crippen molar-refractivity contribution in [2.75, 3.05) is 0 Å². The minimum Gasteiger partial charge on any atom is -0.489 e. The van der Waals surface area contributed by atoms with Gasteiger partial charge < -0.3 is 15.6 Å². The van der Waals surface area contributed by atoms with Crippen molar-refractivity contribution < 1.29 is 14.6 Å². The molecule has 20 heavy (non-hydrogen) atoms. The van der Waals surface area contributed by atoms with E-state index < -0.39 is 5.91 Å². The Hall–Kier alpha value is -2.04. The second-order valence-corrected chi connectivity index (χ2v) is 4.67. The first-order valence-electron chi connectivity index (χ1n) is 6.01. The molecule has 4 nitrogen and oxygen atoms in total. The molecule has 0 fully saturated rings. The van der Waals surface area contributed by atoms with Crippen molar-refractivity contribution in [1.82, 2.24) is 0 Å². The number of halogens is 1. The number of hydrogen-bond donors (Lipinski definition) is 2. The third kappa shape index (κ3) is 3.50. The van der Waals surface area contributed by atoms with Gasteiger partial charge in [-0.05, 0) is 29.8 Å². The number of nitrogens with two attached hydrogens (primary N) is 1. The van der Waals surface area contributed by atoms with Crippen LogP contribution in [-0.4, -0.2) is 11.0 Å². The van der Waals surface area contributed by atoms with Crippen molar-refractivity contribution in [3.8, 4) is 5.75 Å². The molecule has 0 saturated carbocycles. The predicted molar refractivity (Wildman–Crippen MR) is 76.7 cm³/mol. The van der Waals surface area contributed by atoms with E-state index in [0.29, 0.717) is 16.3 Å². The largest absolute Gasteiger partial charge is 0.489 e. The number of rotatable bonds is 5. The summed E-state index contributed by atoms with van der Waals surface area (Å²) in [7, 11) is 0. The number of aliphatic hydroxyl groups is 1. The van der Waals surface area contributed by atoms with E-state index in [0.717, 1.165) is 11.1 Å². The van der Waals surface area contributed by atoms with Gasteiger partial charge in [-0.3, -0.25) is 4.79 Å². The van der Waals surface area contributed by atoms with Crippen LogP contribution in [-0.2, 0) is 13.2 Å². The van der Waals surface area contributed by atoms with Crippen LogP contribution >= 0.6 is 11.6 Å². The summed E-state index contributed by atoms with van der Waals surface area (Å²) in [4.78, 5) is 11.0. The van der Waals surface area contributed by atoms with Crippen molar-refractivity contribution in [2.45, 2.75) is 13.2 Å². The molecule has 104 valence electrons. The van der Waals surface area contributed by atoms with Gasteiger partial charge in [-0.25, -0.2) is 0 Å². The molecule has 0 aliphatic carbocycles. The number of carbonyl (C=O) groups is 1. The summed E-state index contributed by atoms with van der Waals surface area (Å²) in [6.07, 6.45) is 0. The number of benzene rings is 2. The Morgan fingerprint density at radius 2 is 2.05 bits per heavy atom. The van der Waals surface area contributed by atoms with Crippen LogP contribution in [0.1, 0.15) is 21.5 Å². The number of ether oxygens (including phenoxy) is 1. The molecular formula is C15H14ClNO3. The predicted octanol–water partition coefficient (Wildman–Crippen LogP) is 2.51. The summed E-state index contributed by atoms with van der Waals surface area (Å²) in [5, 5.41) is 9.48. The minimum absolute atomic E-state index is 0.0364. The van der Waals surface area contributed by atoms with Gasteiger partial charge >= 0.3 is 0 Å². The fraction of sp³-hybridized carbons (Fsp3) is 0.133. The highest BCUT2D eigenvalue weighted by atomic mass is 35.5. The topological polar surface area (TPSA) is 72.6 Å². The summed E-state index contributed by atoms with van der Waals surface area (Å²) >= 11 is 6.07. The van der Waals surface area contributed by atoms with E-state index in [1.807, 2.05) is 6.07 Å². The van der Waals surface area contributed by atoms with Crippen LogP contribution in [0.15, 0.2) is 42.5 Å². The van der Waals surface area contributed by atoms with Crippen molar-refractivity contribution in [1.29, 1.82) is 0 Å². The lowest BCUT2D eigenvalue weighted by Gasteiger charge is -2.09. The van der Waals surface area contributed by atoms with Crippen LogP contribution in [0.3, 0.4) is 0 Å². The minimum atomic E-state index is -0.519. The van der Waals surface area contributed by atoms with Gasteiger partial charge in [0.25, 0.3) is 0 Å². The van der Waals surface area contributed by atoms with Gasteiger partial charge in [-0.1, -0.05) is 29.8 Å². The smallest absolute Gasteiger partial charge is 0.248 e. The number of primary amides is 1. The highest BCUT2D eigenvalue weighted by Crippen LogP contribution is 2.21. The van der Waals surface area contributed by atoms with Gasteiger partial charge in [-0.15, -0.1) is 0 Å². The van der Waals surface area contributed by atoms with Gasteiger partial charge in [0.1, 0.15) is 12.4 Å². The van der Waals surface area contributed by atoms with Crippen LogP contribution in [0.4, 0.5) is 0 Å². The normalized spacial score (nSPS) is 10.3. The number of amides is 1. The van der Waals surface area contributed by atoms with Gasteiger partial charge in [0.2, 0.25) is 5.91 Å². The van der Waals surface area contributed by atoms with E-state index in [-0.39, 0.29) is 13.2 Å². The molecule has 5 heteroatoms. The number of carbonyl (C=O) groups excluding carboxylic acids is 1. The summed E-state index contributed by atoms with van der Waals surface area (Å²) in [5.74, 6) is 0.126. The third-order valence-electron chi connectivity index (χ3n) is 2.81. The second-order valence-electron chi connectivity index (χ2n) is 4.26. The maximum atomic E-state index is 11.0. The molecular weight excluding hydrogens is 278 g/mol. The van der Waals surface area contributed by atoms with Gasteiger partial charge in [-0.2, -0.15) is 0 Å².